The van der Waals surface area contributed by atoms with Crippen molar-refractivity contribution < 1.29 is 28.5 Å². The number of hydrogen-bond donors (Lipinski definition) is 0. The number of rotatable bonds is 7. The maximum atomic E-state index is 12.7. The van der Waals surface area contributed by atoms with Crippen LogP contribution < -0.4 is 14.2 Å². The maximum absolute atomic E-state index is 12.7. The number of Topliss-reactive ketones (excluding diaryl/α,β-unsaturated/α-hetero) is 1. The van der Waals surface area contributed by atoms with Gasteiger partial charge in [-0.25, -0.2) is 4.79 Å². The minimum atomic E-state index is -0.492. The molecule has 7 heteroatoms. The summed E-state index contributed by atoms with van der Waals surface area (Å²) in [5.74, 6) is 0.825. The summed E-state index contributed by atoms with van der Waals surface area (Å²) in [4.78, 5) is 24.7. The zero-order valence-corrected chi connectivity index (χ0v) is 18.8. The van der Waals surface area contributed by atoms with Crippen LogP contribution in [-0.4, -0.2) is 25.5 Å². The summed E-state index contributed by atoms with van der Waals surface area (Å²) in [7, 11) is 1.56. The molecular formula is C25H19BrO6. The van der Waals surface area contributed by atoms with E-state index in [4.69, 9.17) is 18.9 Å². The van der Waals surface area contributed by atoms with Crippen LogP contribution in [0.5, 0.6) is 17.2 Å². The summed E-state index contributed by atoms with van der Waals surface area (Å²) in [5.41, 5.74) is 2.02. The topological polar surface area (TPSA) is 71.1 Å². The maximum Gasteiger partial charge on any atom is 0.344 e. The minimum absolute atomic E-state index is 0.177. The van der Waals surface area contributed by atoms with Crippen molar-refractivity contribution in [1.82, 2.24) is 0 Å². The highest BCUT2D eigenvalue weighted by molar-refractivity contribution is 9.10. The van der Waals surface area contributed by atoms with Gasteiger partial charge in [0.15, 0.2) is 12.4 Å². The average Bonchev–Trinajstić information content (AvgIpc) is 3.11. The second-order valence-electron chi connectivity index (χ2n) is 6.92. The van der Waals surface area contributed by atoms with Crippen LogP contribution in [0.4, 0.5) is 0 Å². The van der Waals surface area contributed by atoms with Crippen LogP contribution in [0, 0.1) is 0 Å². The Hall–Kier alpha value is -3.58. The number of methoxy groups -OCH3 is 1. The van der Waals surface area contributed by atoms with Gasteiger partial charge in [0.05, 0.1) is 12.7 Å². The highest BCUT2D eigenvalue weighted by Crippen LogP contribution is 2.36. The average molecular weight is 495 g/mol. The van der Waals surface area contributed by atoms with Gasteiger partial charge in [0.1, 0.15) is 23.9 Å². The molecule has 3 aromatic carbocycles. The molecule has 1 aliphatic rings. The van der Waals surface area contributed by atoms with Crippen LogP contribution in [0.25, 0.3) is 6.08 Å². The van der Waals surface area contributed by atoms with E-state index in [0.717, 1.165) is 10.0 Å². The van der Waals surface area contributed by atoms with E-state index >= 15 is 0 Å². The number of esters is 1. The fourth-order valence-electron chi connectivity index (χ4n) is 3.14. The third-order valence-corrected chi connectivity index (χ3v) is 5.21. The first-order valence-electron chi connectivity index (χ1n) is 9.77. The molecule has 162 valence electrons. The predicted molar refractivity (Wildman–Crippen MR) is 122 cm³/mol. The molecule has 6 nitrogen and oxygen atoms in total. The Morgan fingerprint density at radius 3 is 2.66 bits per heavy atom. The second-order valence-corrected chi connectivity index (χ2v) is 7.83. The highest BCUT2D eigenvalue weighted by Gasteiger charge is 2.28. The number of ether oxygens (including phenoxy) is 4. The summed E-state index contributed by atoms with van der Waals surface area (Å²) in [6.45, 7) is -0.0739. The Morgan fingerprint density at radius 2 is 1.88 bits per heavy atom. The van der Waals surface area contributed by atoms with Crippen LogP contribution in [0.3, 0.4) is 0 Å². The lowest BCUT2D eigenvalue weighted by molar-refractivity contribution is -0.147. The van der Waals surface area contributed by atoms with Crippen molar-refractivity contribution in [2.45, 2.75) is 6.61 Å². The number of carbonyl (C=O) groups excluding carboxylic acids is 2. The highest BCUT2D eigenvalue weighted by atomic mass is 79.9. The third kappa shape index (κ3) is 5.00. The summed E-state index contributed by atoms with van der Waals surface area (Å²) in [5, 5.41) is 0. The van der Waals surface area contributed by atoms with Crippen molar-refractivity contribution in [2.75, 3.05) is 13.7 Å². The number of halogens is 1. The molecule has 0 amide bonds. The zero-order chi connectivity index (χ0) is 22.5. The van der Waals surface area contributed by atoms with Crippen LogP contribution >= 0.6 is 15.9 Å². The van der Waals surface area contributed by atoms with E-state index < -0.39 is 5.97 Å². The molecule has 1 aliphatic heterocycles. The molecule has 0 saturated heterocycles. The molecule has 32 heavy (non-hydrogen) atoms. The van der Waals surface area contributed by atoms with Crippen LogP contribution in [0.2, 0.25) is 0 Å². The molecule has 0 N–H and O–H groups in total. The number of allylic oxidation sites excluding steroid dienone is 1. The molecule has 1 heterocycles. The van der Waals surface area contributed by atoms with Crippen molar-refractivity contribution >= 4 is 33.8 Å². The van der Waals surface area contributed by atoms with Gasteiger partial charge in [0.2, 0.25) is 5.78 Å². The third-order valence-electron chi connectivity index (χ3n) is 4.72. The van der Waals surface area contributed by atoms with E-state index in [1.165, 1.54) is 0 Å². The predicted octanol–water partition coefficient (Wildman–Crippen LogP) is 5.20. The quantitative estimate of drug-likeness (QED) is 0.332. The van der Waals surface area contributed by atoms with Crippen molar-refractivity contribution in [2.24, 2.45) is 0 Å². The van der Waals surface area contributed by atoms with Crippen molar-refractivity contribution in [3.05, 3.63) is 93.7 Å². The Balaban J connectivity index is 1.41. The molecule has 0 fully saturated rings. The summed E-state index contributed by atoms with van der Waals surface area (Å²) in [6.07, 6.45) is 1.63. The van der Waals surface area contributed by atoms with Gasteiger partial charge in [-0.3, -0.25) is 4.79 Å². The zero-order valence-electron chi connectivity index (χ0n) is 17.2. The van der Waals surface area contributed by atoms with Gasteiger partial charge in [0, 0.05) is 16.1 Å². The van der Waals surface area contributed by atoms with E-state index in [1.807, 2.05) is 42.5 Å². The van der Waals surface area contributed by atoms with E-state index in [0.29, 0.717) is 28.4 Å². The van der Waals surface area contributed by atoms with Gasteiger partial charge in [0.25, 0.3) is 0 Å². The van der Waals surface area contributed by atoms with Crippen LogP contribution in [0.15, 0.2) is 77.0 Å². The van der Waals surface area contributed by atoms with E-state index in [9.17, 15) is 9.59 Å². The largest absolute Gasteiger partial charge is 0.496 e. The first kappa shape index (κ1) is 21.6. The summed E-state index contributed by atoms with van der Waals surface area (Å²) in [6, 6.07) is 19.7. The molecule has 0 saturated carbocycles. The van der Waals surface area contributed by atoms with Gasteiger partial charge >= 0.3 is 5.97 Å². The van der Waals surface area contributed by atoms with Gasteiger partial charge in [-0.05, 0) is 42.0 Å². The fraction of sp³-hybridized carbons (Fsp3) is 0.120. The van der Waals surface area contributed by atoms with E-state index in [1.54, 1.807) is 37.5 Å². The molecule has 4 rings (SSSR count). The molecule has 3 aromatic rings. The van der Waals surface area contributed by atoms with Crippen molar-refractivity contribution in [1.29, 1.82) is 0 Å². The summed E-state index contributed by atoms with van der Waals surface area (Å²) >= 11 is 3.42. The van der Waals surface area contributed by atoms with Crippen molar-refractivity contribution in [3.8, 4) is 17.2 Å². The number of benzene rings is 3. The molecule has 0 atom stereocenters. The van der Waals surface area contributed by atoms with E-state index in [2.05, 4.69) is 15.9 Å². The number of carbonyl (C=O) groups is 2. The fourth-order valence-corrected chi connectivity index (χ4v) is 3.52. The Labute approximate surface area is 193 Å². The van der Waals surface area contributed by atoms with Gasteiger partial charge in [-0.15, -0.1) is 0 Å². The SMILES string of the molecule is COc1ccc(Br)cc1C=C1Oc2cc(OCC(=O)OCc3ccccc3)ccc2C1=O. The van der Waals surface area contributed by atoms with Gasteiger partial charge in [-0.2, -0.15) is 0 Å². The Kier molecular flexibility index (Phi) is 6.56. The first-order valence-corrected chi connectivity index (χ1v) is 10.6. The Morgan fingerprint density at radius 1 is 1.06 bits per heavy atom. The standard InChI is InChI=1S/C25H19BrO6/c1-29-21-10-7-18(26)11-17(21)12-23-25(28)20-9-8-19(13-22(20)32-23)30-15-24(27)31-14-16-5-3-2-4-6-16/h2-13H,14-15H2,1H3. The van der Waals surface area contributed by atoms with E-state index in [-0.39, 0.29) is 24.8 Å². The molecular weight excluding hydrogens is 476 g/mol. The summed E-state index contributed by atoms with van der Waals surface area (Å²) < 4.78 is 22.7. The lowest BCUT2D eigenvalue weighted by Gasteiger charge is -2.08. The monoisotopic (exact) mass is 494 g/mol. The van der Waals surface area contributed by atoms with Gasteiger partial charge < -0.3 is 18.9 Å². The van der Waals surface area contributed by atoms with Crippen LogP contribution in [0.1, 0.15) is 21.5 Å². The number of ketones is 1. The lowest BCUT2D eigenvalue weighted by atomic mass is 10.1. The number of fused-ring (bicyclic) bond motifs is 1. The lowest BCUT2D eigenvalue weighted by Crippen LogP contribution is -2.14. The molecule has 0 bridgehead atoms. The normalized spacial score (nSPS) is 13.4. The van der Waals surface area contributed by atoms with Gasteiger partial charge in [-0.1, -0.05) is 46.3 Å². The molecule has 0 radical (unpaired) electrons. The molecule has 0 aromatic heterocycles. The molecule has 0 spiro atoms. The Bertz CT molecular complexity index is 1190. The number of hydrogen-bond acceptors (Lipinski definition) is 6. The van der Waals surface area contributed by atoms with Crippen molar-refractivity contribution in [3.63, 3.8) is 0 Å². The molecule has 0 aliphatic carbocycles. The molecule has 0 unspecified atom stereocenters. The smallest absolute Gasteiger partial charge is 0.344 e. The first-order chi connectivity index (χ1) is 15.5. The minimum Gasteiger partial charge on any atom is -0.496 e. The van der Waals surface area contributed by atoms with Crippen LogP contribution in [-0.2, 0) is 16.1 Å². The second kappa shape index (κ2) is 9.70.